The third kappa shape index (κ3) is 4.21. The normalized spacial score (nSPS) is 9.61. The molecule has 96 valence electrons. The van der Waals surface area contributed by atoms with Crippen LogP contribution in [0, 0.1) is 0 Å². The molecular weight excluding hydrogens is 252 g/mol. The molecule has 6 heteroatoms. The summed E-state index contributed by atoms with van der Waals surface area (Å²) in [7, 11) is 0. The molecular formula is C12H14N2O3S. The summed E-state index contributed by atoms with van der Waals surface area (Å²) in [6.07, 6.45) is 4.96. The van der Waals surface area contributed by atoms with E-state index < -0.39 is 5.97 Å². The van der Waals surface area contributed by atoms with Crippen molar-refractivity contribution in [1.82, 2.24) is 10.3 Å². The molecule has 0 radical (unpaired) electrons. The number of thioether (sulfide) groups is 1. The minimum absolute atomic E-state index is 0.310. The van der Waals surface area contributed by atoms with Crippen LogP contribution in [0.1, 0.15) is 10.4 Å². The average molecular weight is 266 g/mol. The van der Waals surface area contributed by atoms with E-state index in [1.165, 1.54) is 11.8 Å². The van der Waals surface area contributed by atoms with Crippen molar-refractivity contribution < 1.29 is 14.3 Å². The summed E-state index contributed by atoms with van der Waals surface area (Å²) in [5, 5.41) is 3.09. The number of amides is 1. The van der Waals surface area contributed by atoms with E-state index in [2.05, 4.69) is 16.9 Å². The Morgan fingerprint density at radius 3 is 3.06 bits per heavy atom. The maximum atomic E-state index is 11.7. The Morgan fingerprint density at radius 1 is 1.61 bits per heavy atom. The fraction of sp³-hybridized carbons (Fsp3) is 0.250. The first kappa shape index (κ1) is 14.2. The molecule has 1 aromatic rings. The predicted octanol–water partition coefficient (Wildman–Crippen LogP) is 1.26. The maximum Gasteiger partial charge on any atom is 0.341 e. The highest BCUT2D eigenvalue weighted by molar-refractivity contribution is 7.98. The molecule has 0 unspecified atom stereocenters. The van der Waals surface area contributed by atoms with E-state index in [1.54, 1.807) is 24.4 Å². The van der Waals surface area contributed by atoms with Crippen LogP contribution in [-0.2, 0) is 9.53 Å². The van der Waals surface area contributed by atoms with Gasteiger partial charge in [-0.25, -0.2) is 9.78 Å². The van der Waals surface area contributed by atoms with Crippen molar-refractivity contribution in [2.75, 3.05) is 19.4 Å². The largest absolute Gasteiger partial charge is 0.452 e. The second kappa shape index (κ2) is 7.50. The first-order chi connectivity index (χ1) is 8.69. The Hall–Kier alpha value is -1.82. The lowest BCUT2D eigenvalue weighted by Gasteiger charge is -2.07. The van der Waals surface area contributed by atoms with E-state index in [9.17, 15) is 9.59 Å². The Bertz CT molecular complexity index is 449. The molecule has 0 fully saturated rings. The molecule has 0 saturated carbocycles. The summed E-state index contributed by atoms with van der Waals surface area (Å²) in [6, 6.07) is 3.26. The van der Waals surface area contributed by atoms with Crippen LogP contribution in [0.2, 0.25) is 0 Å². The van der Waals surface area contributed by atoms with Crippen LogP contribution in [0.4, 0.5) is 0 Å². The van der Waals surface area contributed by atoms with Crippen molar-refractivity contribution in [3.05, 3.63) is 36.5 Å². The van der Waals surface area contributed by atoms with Gasteiger partial charge in [0.1, 0.15) is 5.03 Å². The van der Waals surface area contributed by atoms with Gasteiger partial charge in [0.2, 0.25) is 0 Å². The zero-order valence-corrected chi connectivity index (χ0v) is 10.8. The van der Waals surface area contributed by atoms with Crippen LogP contribution >= 0.6 is 11.8 Å². The predicted molar refractivity (Wildman–Crippen MR) is 69.5 cm³/mol. The van der Waals surface area contributed by atoms with Gasteiger partial charge < -0.3 is 10.1 Å². The third-order valence-electron chi connectivity index (χ3n) is 1.96. The van der Waals surface area contributed by atoms with Crippen LogP contribution in [0.15, 0.2) is 36.0 Å². The SMILES string of the molecule is C=CCNC(=O)COC(=O)c1cccnc1SC. The van der Waals surface area contributed by atoms with Gasteiger partial charge in [-0.1, -0.05) is 6.08 Å². The minimum atomic E-state index is -0.554. The number of hydrogen-bond acceptors (Lipinski definition) is 5. The zero-order valence-electron chi connectivity index (χ0n) is 10.0. The van der Waals surface area contributed by atoms with Crippen molar-refractivity contribution in [2.24, 2.45) is 0 Å². The van der Waals surface area contributed by atoms with Gasteiger partial charge >= 0.3 is 5.97 Å². The Morgan fingerprint density at radius 2 is 2.39 bits per heavy atom. The lowest BCUT2D eigenvalue weighted by atomic mass is 10.3. The van der Waals surface area contributed by atoms with Crippen LogP contribution in [-0.4, -0.2) is 36.3 Å². The monoisotopic (exact) mass is 266 g/mol. The van der Waals surface area contributed by atoms with Gasteiger partial charge in [-0.15, -0.1) is 18.3 Å². The maximum absolute atomic E-state index is 11.7. The summed E-state index contributed by atoms with van der Waals surface area (Å²) in [5.41, 5.74) is 0.363. The third-order valence-corrected chi connectivity index (χ3v) is 2.67. The Kier molecular flexibility index (Phi) is 5.93. The molecule has 1 heterocycles. The lowest BCUT2D eigenvalue weighted by molar-refractivity contribution is -0.124. The van der Waals surface area contributed by atoms with E-state index in [-0.39, 0.29) is 12.5 Å². The van der Waals surface area contributed by atoms with Gasteiger partial charge in [-0.2, -0.15) is 0 Å². The van der Waals surface area contributed by atoms with Crippen molar-refractivity contribution in [3.63, 3.8) is 0 Å². The standard InChI is InChI=1S/C12H14N2O3S/c1-3-6-13-10(15)8-17-12(16)9-5-4-7-14-11(9)18-2/h3-5,7H,1,6,8H2,2H3,(H,13,15). The second-order valence-corrected chi connectivity index (χ2v) is 4.02. The average Bonchev–Trinajstić information content (AvgIpc) is 2.42. The molecule has 1 amide bonds. The number of esters is 1. The molecule has 0 spiro atoms. The molecule has 1 rings (SSSR count). The number of nitrogens with zero attached hydrogens (tertiary/aromatic N) is 1. The highest BCUT2D eigenvalue weighted by Gasteiger charge is 2.14. The van der Waals surface area contributed by atoms with E-state index in [0.29, 0.717) is 17.1 Å². The van der Waals surface area contributed by atoms with Crippen LogP contribution in [0.3, 0.4) is 0 Å². The number of hydrogen-bond donors (Lipinski definition) is 1. The van der Waals surface area contributed by atoms with Gasteiger partial charge in [0.05, 0.1) is 5.56 Å². The van der Waals surface area contributed by atoms with E-state index in [1.807, 2.05) is 6.26 Å². The number of nitrogens with one attached hydrogen (secondary N) is 1. The molecule has 0 atom stereocenters. The van der Waals surface area contributed by atoms with Gasteiger partial charge in [0.25, 0.3) is 5.91 Å². The highest BCUT2D eigenvalue weighted by atomic mass is 32.2. The topological polar surface area (TPSA) is 68.3 Å². The van der Waals surface area contributed by atoms with Gasteiger partial charge in [0, 0.05) is 12.7 Å². The molecule has 1 N–H and O–H groups in total. The first-order valence-electron chi connectivity index (χ1n) is 5.22. The van der Waals surface area contributed by atoms with Gasteiger partial charge in [-0.05, 0) is 18.4 Å². The lowest BCUT2D eigenvalue weighted by Crippen LogP contribution is -2.28. The highest BCUT2D eigenvalue weighted by Crippen LogP contribution is 2.17. The smallest absolute Gasteiger partial charge is 0.341 e. The van der Waals surface area contributed by atoms with Crippen molar-refractivity contribution in [3.8, 4) is 0 Å². The molecule has 0 aliphatic heterocycles. The number of rotatable bonds is 6. The van der Waals surface area contributed by atoms with Crippen molar-refractivity contribution in [2.45, 2.75) is 5.03 Å². The minimum Gasteiger partial charge on any atom is -0.452 e. The summed E-state index contributed by atoms with van der Waals surface area (Å²) >= 11 is 1.35. The van der Waals surface area contributed by atoms with Gasteiger partial charge in [-0.3, -0.25) is 4.79 Å². The van der Waals surface area contributed by atoms with Crippen LogP contribution in [0.25, 0.3) is 0 Å². The Balaban J connectivity index is 2.55. The number of carbonyl (C=O) groups excluding carboxylic acids is 2. The molecule has 0 bridgehead atoms. The fourth-order valence-electron chi connectivity index (χ4n) is 1.15. The molecule has 1 aromatic heterocycles. The van der Waals surface area contributed by atoms with E-state index in [4.69, 9.17) is 4.74 Å². The van der Waals surface area contributed by atoms with Crippen LogP contribution in [0.5, 0.6) is 0 Å². The quantitative estimate of drug-likeness (QED) is 0.477. The molecule has 0 aliphatic carbocycles. The molecule has 0 saturated heterocycles. The van der Waals surface area contributed by atoms with Crippen molar-refractivity contribution in [1.29, 1.82) is 0 Å². The van der Waals surface area contributed by atoms with E-state index in [0.717, 1.165) is 0 Å². The summed E-state index contributed by atoms with van der Waals surface area (Å²) in [5.74, 6) is -0.918. The molecule has 0 aromatic carbocycles. The number of aromatic nitrogens is 1. The first-order valence-corrected chi connectivity index (χ1v) is 6.45. The van der Waals surface area contributed by atoms with Crippen molar-refractivity contribution >= 4 is 23.6 Å². The zero-order chi connectivity index (χ0) is 13.4. The summed E-state index contributed by atoms with van der Waals surface area (Å²) in [6.45, 7) is 3.50. The molecule has 18 heavy (non-hydrogen) atoms. The Labute approximate surface area is 110 Å². The molecule has 5 nitrogen and oxygen atoms in total. The van der Waals surface area contributed by atoms with Gasteiger partial charge in [0.15, 0.2) is 6.61 Å². The fourth-order valence-corrected chi connectivity index (χ4v) is 1.69. The molecule has 0 aliphatic rings. The second-order valence-electron chi connectivity index (χ2n) is 3.23. The summed E-state index contributed by atoms with van der Waals surface area (Å²) < 4.78 is 4.89. The number of pyridine rings is 1. The van der Waals surface area contributed by atoms with E-state index >= 15 is 0 Å². The summed E-state index contributed by atoms with van der Waals surface area (Å²) in [4.78, 5) is 27.0. The number of ether oxygens (including phenoxy) is 1. The van der Waals surface area contributed by atoms with Crippen LogP contribution < -0.4 is 5.32 Å². The number of carbonyl (C=O) groups is 2.